The van der Waals surface area contributed by atoms with E-state index < -0.39 is 10.1 Å². The highest BCUT2D eigenvalue weighted by Crippen LogP contribution is 2.05. The van der Waals surface area contributed by atoms with Crippen LogP contribution in [0.5, 0.6) is 0 Å². The molecule has 2 N–H and O–H groups in total. The molecule has 0 saturated heterocycles. The maximum absolute atomic E-state index is 11.2. The zero-order valence-electron chi connectivity index (χ0n) is 12.9. The summed E-state index contributed by atoms with van der Waals surface area (Å²) in [6.45, 7) is 7.38. The van der Waals surface area contributed by atoms with Crippen molar-refractivity contribution < 1.29 is 17.8 Å². The summed E-state index contributed by atoms with van der Waals surface area (Å²) in [6.07, 6.45) is 1.36. The van der Waals surface area contributed by atoms with E-state index in [0.29, 0.717) is 18.9 Å². The van der Waals surface area contributed by atoms with Crippen molar-refractivity contribution in [3.8, 4) is 0 Å². The molecule has 0 aliphatic rings. The van der Waals surface area contributed by atoms with Crippen LogP contribution in [0.3, 0.4) is 0 Å². The highest BCUT2D eigenvalue weighted by Gasteiger charge is 2.17. The Kier molecular flexibility index (Phi) is 9.20. The first-order chi connectivity index (χ1) is 9.14. The van der Waals surface area contributed by atoms with Crippen molar-refractivity contribution in [2.24, 2.45) is 5.92 Å². The summed E-state index contributed by atoms with van der Waals surface area (Å²) in [4.78, 5) is 13.2. The van der Waals surface area contributed by atoms with Gasteiger partial charge < -0.3 is 10.2 Å². The van der Waals surface area contributed by atoms with Crippen molar-refractivity contribution in [1.29, 1.82) is 0 Å². The molecule has 7 heteroatoms. The summed E-state index contributed by atoms with van der Waals surface area (Å²) < 4.78 is 30.6. The van der Waals surface area contributed by atoms with Crippen molar-refractivity contribution in [3.05, 3.63) is 0 Å². The van der Waals surface area contributed by atoms with Crippen molar-refractivity contribution in [3.63, 3.8) is 0 Å². The third-order valence-electron chi connectivity index (χ3n) is 3.11. The van der Waals surface area contributed by atoms with Gasteiger partial charge in [0.1, 0.15) is 5.78 Å². The number of ketones is 1. The second kappa shape index (κ2) is 9.44. The van der Waals surface area contributed by atoms with Crippen LogP contribution in [0.25, 0.3) is 0 Å². The zero-order valence-corrected chi connectivity index (χ0v) is 13.7. The van der Waals surface area contributed by atoms with Crippen LogP contribution >= 0.6 is 0 Å². The lowest BCUT2D eigenvalue weighted by atomic mass is 10.1. The summed E-state index contributed by atoms with van der Waals surface area (Å²) in [6, 6.07) is 0.000981. The lowest BCUT2D eigenvalue weighted by Gasteiger charge is -2.27. The molecule has 0 heterocycles. The van der Waals surface area contributed by atoms with Gasteiger partial charge in [0.05, 0.1) is 5.75 Å². The monoisotopic (exact) mass is 308 g/mol. The van der Waals surface area contributed by atoms with Gasteiger partial charge in [-0.1, -0.05) is 13.8 Å². The van der Waals surface area contributed by atoms with E-state index >= 15 is 0 Å². The Hall–Kier alpha value is -0.500. The second-order valence-corrected chi connectivity index (χ2v) is 7.23. The number of rotatable bonds is 11. The maximum atomic E-state index is 11.2. The number of likely N-dealkylation sites (N-methyl/N-ethyl adjacent to an activating group) is 1. The van der Waals surface area contributed by atoms with Gasteiger partial charge in [-0.25, -0.2) is 0 Å². The van der Waals surface area contributed by atoms with E-state index in [0.717, 1.165) is 13.0 Å². The molecule has 0 bridgehead atoms. The van der Waals surface area contributed by atoms with E-state index in [1.165, 1.54) is 0 Å². The number of nitrogens with zero attached hydrogens (tertiary/aromatic N) is 1. The molecular formula is C13H28N2O4S. The molecule has 0 fully saturated rings. The number of carbonyl (C=O) groups excluding carboxylic acids is 1. The molecule has 0 aliphatic carbocycles. The minimum absolute atomic E-state index is 0.000981. The predicted octanol–water partition coefficient (Wildman–Crippen LogP) is 0.789. The molecule has 0 spiro atoms. The molecule has 120 valence electrons. The van der Waals surface area contributed by atoms with Gasteiger partial charge in [0.25, 0.3) is 10.1 Å². The minimum Gasteiger partial charge on any atom is -0.315 e. The van der Waals surface area contributed by atoms with Crippen LogP contribution in [-0.2, 0) is 14.9 Å². The topological polar surface area (TPSA) is 86.7 Å². The molecule has 1 unspecified atom stereocenters. The predicted molar refractivity (Wildman–Crippen MR) is 80.5 cm³/mol. The van der Waals surface area contributed by atoms with Gasteiger partial charge in [-0.2, -0.15) is 8.42 Å². The van der Waals surface area contributed by atoms with Crippen LogP contribution in [-0.4, -0.2) is 62.1 Å². The van der Waals surface area contributed by atoms with E-state index in [9.17, 15) is 13.2 Å². The number of hydrogen-bond donors (Lipinski definition) is 2. The van der Waals surface area contributed by atoms with Crippen molar-refractivity contribution in [1.82, 2.24) is 10.2 Å². The Bertz CT molecular complexity index is 382. The fourth-order valence-electron chi connectivity index (χ4n) is 1.90. The first-order valence-electron chi connectivity index (χ1n) is 6.98. The van der Waals surface area contributed by atoms with Gasteiger partial charge >= 0.3 is 0 Å². The molecule has 0 aromatic carbocycles. The first kappa shape index (κ1) is 19.5. The maximum Gasteiger partial charge on any atom is 0.266 e. The summed E-state index contributed by atoms with van der Waals surface area (Å²) in [5.74, 6) is 0.341. The van der Waals surface area contributed by atoms with Gasteiger partial charge in [0.2, 0.25) is 0 Å². The SMILES string of the molecule is CNC(CC(C)=O)CN(CCC(C)C)CCS(=O)(=O)O. The summed E-state index contributed by atoms with van der Waals surface area (Å²) >= 11 is 0. The third-order valence-corrected chi connectivity index (χ3v) is 3.81. The van der Waals surface area contributed by atoms with Gasteiger partial charge in [-0.15, -0.1) is 0 Å². The van der Waals surface area contributed by atoms with E-state index in [1.54, 1.807) is 14.0 Å². The lowest BCUT2D eigenvalue weighted by molar-refractivity contribution is -0.117. The fraction of sp³-hybridized carbons (Fsp3) is 0.923. The van der Waals surface area contributed by atoms with Crippen LogP contribution < -0.4 is 5.32 Å². The van der Waals surface area contributed by atoms with Crippen LogP contribution in [0.4, 0.5) is 0 Å². The van der Waals surface area contributed by atoms with Gasteiger partial charge in [0.15, 0.2) is 0 Å². The fourth-order valence-corrected chi connectivity index (χ4v) is 2.39. The summed E-state index contributed by atoms with van der Waals surface area (Å²) in [7, 11) is -2.16. The number of nitrogens with one attached hydrogen (secondary N) is 1. The summed E-state index contributed by atoms with van der Waals surface area (Å²) in [5.41, 5.74) is 0. The quantitative estimate of drug-likeness (QED) is 0.549. The second-order valence-electron chi connectivity index (χ2n) is 5.66. The number of carbonyl (C=O) groups is 1. The van der Waals surface area contributed by atoms with Crippen LogP contribution in [0.15, 0.2) is 0 Å². The van der Waals surface area contributed by atoms with E-state index in [4.69, 9.17) is 4.55 Å². The Morgan fingerprint density at radius 3 is 2.30 bits per heavy atom. The zero-order chi connectivity index (χ0) is 15.8. The highest BCUT2D eigenvalue weighted by molar-refractivity contribution is 7.85. The molecule has 0 saturated carbocycles. The largest absolute Gasteiger partial charge is 0.315 e. The van der Waals surface area contributed by atoms with E-state index in [-0.39, 0.29) is 24.1 Å². The Morgan fingerprint density at radius 2 is 1.90 bits per heavy atom. The van der Waals surface area contributed by atoms with Gasteiger partial charge in [-0.05, 0) is 32.9 Å². The Morgan fingerprint density at radius 1 is 1.30 bits per heavy atom. The molecule has 1 atom stereocenters. The molecule has 6 nitrogen and oxygen atoms in total. The van der Waals surface area contributed by atoms with E-state index in [2.05, 4.69) is 19.2 Å². The van der Waals surface area contributed by atoms with Gasteiger partial charge in [-0.3, -0.25) is 9.35 Å². The van der Waals surface area contributed by atoms with Crippen LogP contribution in [0.1, 0.15) is 33.6 Å². The van der Waals surface area contributed by atoms with Crippen LogP contribution in [0, 0.1) is 5.92 Å². The molecule has 0 aromatic rings. The number of hydrogen-bond acceptors (Lipinski definition) is 5. The normalized spacial score (nSPS) is 13.9. The van der Waals surface area contributed by atoms with Gasteiger partial charge in [0, 0.05) is 25.6 Å². The molecule has 0 aliphatic heterocycles. The smallest absolute Gasteiger partial charge is 0.266 e. The summed E-state index contributed by atoms with van der Waals surface area (Å²) in [5, 5.41) is 3.07. The Balaban J connectivity index is 4.52. The van der Waals surface area contributed by atoms with E-state index in [1.807, 2.05) is 4.90 Å². The van der Waals surface area contributed by atoms with Crippen molar-refractivity contribution in [2.45, 2.75) is 39.7 Å². The molecule has 0 amide bonds. The first-order valence-corrected chi connectivity index (χ1v) is 8.59. The Labute approximate surface area is 122 Å². The minimum atomic E-state index is -3.95. The highest BCUT2D eigenvalue weighted by atomic mass is 32.2. The average molecular weight is 308 g/mol. The van der Waals surface area contributed by atoms with Crippen molar-refractivity contribution in [2.75, 3.05) is 32.4 Å². The third kappa shape index (κ3) is 11.3. The molecular weight excluding hydrogens is 280 g/mol. The average Bonchev–Trinajstić information content (AvgIpc) is 2.29. The molecule has 20 heavy (non-hydrogen) atoms. The number of Topliss-reactive ketones (excluding diaryl/α,β-unsaturated/α-hetero) is 1. The molecule has 0 radical (unpaired) electrons. The molecule has 0 rings (SSSR count). The van der Waals surface area contributed by atoms with Crippen LogP contribution in [0.2, 0.25) is 0 Å². The standard InChI is InChI=1S/C13H28N2O4S/c1-11(2)5-6-15(7-8-20(17,18)19)10-13(14-4)9-12(3)16/h11,13-14H,5-10H2,1-4H3,(H,17,18,19). The van der Waals surface area contributed by atoms with Crippen molar-refractivity contribution >= 4 is 15.9 Å². The molecule has 0 aromatic heterocycles. The lowest BCUT2D eigenvalue weighted by Crippen LogP contribution is -2.42.